The van der Waals surface area contributed by atoms with Crippen LogP contribution in [0, 0.1) is 6.92 Å². The van der Waals surface area contributed by atoms with E-state index in [9.17, 15) is 9.59 Å². The number of nitrogens with one attached hydrogen (secondary N) is 1. The smallest absolute Gasteiger partial charge is 0.337 e. The van der Waals surface area contributed by atoms with Crippen molar-refractivity contribution in [2.24, 2.45) is 0 Å². The number of rotatable bonds is 3. The quantitative estimate of drug-likeness (QED) is 0.803. The first-order valence-corrected chi connectivity index (χ1v) is 5.92. The summed E-state index contributed by atoms with van der Waals surface area (Å²) in [6.45, 7) is 3.96. The molecule has 1 fully saturated rings. The normalized spacial score (nSPS) is 16.1. The number of ether oxygens (including phenoxy) is 1. The number of aromatic carboxylic acids is 1. The summed E-state index contributed by atoms with van der Waals surface area (Å²) >= 11 is 0. The van der Waals surface area contributed by atoms with Gasteiger partial charge >= 0.3 is 5.97 Å². The van der Waals surface area contributed by atoms with Gasteiger partial charge in [-0.25, -0.2) is 14.8 Å². The number of hydrogen-bond acceptors (Lipinski definition) is 5. The average molecular weight is 265 g/mol. The van der Waals surface area contributed by atoms with Gasteiger partial charge < -0.3 is 9.84 Å². The zero-order valence-electron chi connectivity index (χ0n) is 10.5. The van der Waals surface area contributed by atoms with Crippen LogP contribution in [-0.4, -0.2) is 53.3 Å². The van der Waals surface area contributed by atoms with Crippen LogP contribution in [0.4, 0.5) is 0 Å². The van der Waals surface area contributed by atoms with Gasteiger partial charge in [0.1, 0.15) is 5.69 Å². The summed E-state index contributed by atoms with van der Waals surface area (Å²) in [6, 6.07) is 2.80. The van der Waals surface area contributed by atoms with Gasteiger partial charge in [-0.15, -0.1) is 0 Å². The number of pyridine rings is 1. The van der Waals surface area contributed by atoms with Gasteiger partial charge in [0, 0.05) is 13.1 Å². The number of hydrazine groups is 1. The van der Waals surface area contributed by atoms with Crippen LogP contribution >= 0.6 is 0 Å². The average Bonchev–Trinajstić information content (AvgIpc) is 2.39. The monoisotopic (exact) mass is 265 g/mol. The van der Waals surface area contributed by atoms with Crippen molar-refractivity contribution in [2.75, 3.05) is 26.3 Å². The fourth-order valence-corrected chi connectivity index (χ4v) is 1.79. The van der Waals surface area contributed by atoms with E-state index in [2.05, 4.69) is 10.4 Å². The Kier molecular flexibility index (Phi) is 4.08. The molecule has 0 atom stereocenters. The molecule has 2 heterocycles. The molecule has 7 nitrogen and oxygen atoms in total. The van der Waals surface area contributed by atoms with E-state index in [-0.39, 0.29) is 17.2 Å². The fourth-order valence-electron chi connectivity index (χ4n) is 1.79. The number of carbonyl (C=O) groups is 2. The highest BCUT2D eigenvalue weighted by Gasteiger charge is 2.17. The summed E-state index contributed by atoms with van der Waals surface area (Å²) in [5.74, 6) is -1.40. The number of carboxylic acids is 1. The minimum Gasteiger partial charge on any atom is -0.478 e. The van der Waals surface area contributed by atoms with Crippen molar-refractivity contribution in [3.8, 4) is 0 Å². The minimum absolute atomic E-state index is 0.0999. The van der Waals surface area contributed by atoms with Gasteiger partial charge in [-0.1, -0.05) is 0 Å². The molecule has 1 aliphatic heterocycles. The van der Waals surface area contributed by atoms with Crippen molar-refractivity contribution in [1.29, 1.82) is 0 Å². The predicted octanol–water partition coefficient (Wildman–Crippen LogP) is 0.0652. The van der Waals surface area contributed by atoms with E-state index < -0.39 is 5.97 Å². The molecule has 0 spiro atoms. The van der Waals surface area contributed by atoms with E-state index in [1.165, 1.54) is 12.1 Å². The van der Waals surface area contributed by atoms with E-state index in [4.69, 9.17) is 9.84 Å². The van der Waals surface area contributed by atoms with Crippen LogP contribution in [0.3, 0.4) is 0 Å². The minimum atomic E-state index is -1.05. The SMILES string of the molecule is Cc1nc(C(=O)NN2CCOCC2)ccc1C(=O)O. The summed E-state index contributed by atoms with van der Waals surface area (Å²) < 4.78 is 5.17. The number of amides is 1. The Morgan fingerprint density at radius 2 is 2.05 bits per heavy atom. The molecule has 2 N–H and O–H groups in total. The maximum Gasteiger partial charge on any atom is 0.337 e. The van der Waals surface area contributed by atoms with E-state index in [1.807, 2.05) is 0 Å². The Hall–Kier alpha value is -1.99. The lowest BCUT2D eigenvalue weighted by atomic mass is 10.2. The summed E-state index contributed by atoms with van der Waals surface area (Å²) in [6.07, 6.45) is 0. The fraction of sp³-hybridized carbons (Fsp3) is 0.417. The third kappa shape index (κ3) is 3.27. The first-order valence-electron chi connectivity index (χ1n) is 5.92. The third-order valence-electron chi connectivity index (χ3n) is 2.82. The molecule has 19 heavy (non-hydrogen) atoms. The molecule has 2 rings (SSSR count). The van der Waals surface area contributed by atoms with Crippen LogP contribution in [0.2, 0.25) is 0 Å². The molecule has 1 aliphatic rings. The molecule has 1 aromatic heterocycles. The lowest BCUT2D eigenvalue weighted by Crippen LogP contribution is -2.48. The third-order valence-corrected chi connectivity index (χ3v) is 2.82. The van der Waals surface area contributed by atoms with Crippen LogP contribution < -0.4 is 5.43 Å². The summed E-state index contributed by atoms with van der Waals surface area (Å²) in [7, 11) is 0. The van der Waals surface area contributed by atoms with E-state index >= 15 is 0 Å². The predicted molar refractivity (Wildman–Crippen MR) is 65.8 cm³/mol. The van der Waals surface area contributed by atoms with Crippen molar-refractivity contribution in [2.45, 2.75) is 6.92 Å². The molecule has 0 saturated carbocycles. The molecule has 0 radical (unpaired) electrons. The van der Waals surface area contributed by atoms with Gasteiger partial charge in [0.25, 0.3) is 5.91 Å². The molecular formula is C12H15N3O4. The topological polar surface area (TPSA) is 91.8 Å². The summed E-state index contributed by atoms with van der Waals surface area (Å²) in [4.78, 5) is 26.8. The highest BCUT2D eigenvalue weighted by atomic mass is 16.5. The Bertz CT molecular complexity index is 498. The second kappa shape index (κ2) is 5.77. The lowest BCUT2D eigenvalue weighted by Gasteiger charge is -2.26. The first kappa shape index (κ1) is 13.4. The summed E-state index contributed by atoms with van der Waals surface area (Å²) in [5.41, 5.74) is 3.34. The number of morpholine rings is 1. The highest BCUT2D eigenvalue weighted by molar-refractivity contribution is 5.94. The van der Waals surface area contributed by atoms with Crippen LogP contribution in [0.5, 0.6) is 0 Å². The maximum atomic E-state index is 11.9. The molecule has 0 unspecified atom stereocenters. The largest absolute Gasteiger partial charge is 0.478 e. The second-order valence-electron chi connectivity index (χ2n) is 4.17. The molecule has 1 saturated heterocycles. The maximum absolute atomic E-state index is 11.9. The van der Waals surface area contributed by atoms with Gasteiger partial charge in [0.15, 0.2) is 0 Å². The molecular weight excluding hydrogens is 250 g/mol. The van der Waals surface area contributed by atoms with Crippen molar-refractivity contribution in [1.82, 2.24) is 15.4 Å². The van der Waals surface area contributed by atoms with Crippen LogP contribution in [-0.2, 0) is 4.74 Å². The molecule has 102 valence electrons. The lowest BCUT2D eigenvalue weighted by molar-refractivity contribution is 0.0124. The molecule has 1 aromatic rings. The van der Waals surface area contributed by atoms with Crippen molar-refractivity contribution < 1.29 is 19.4 Å². The molecule has 0 aliphatic carbocycles. The number of carboxylic acid groups (broad SMARTS) is 1. The molecule has 7 heteroatoms. The number of hydrogen-bond donors (Lipinski definition) is 2. The Morgan fingerprint density at radius 1 is 1.37 bits per heavy atom. The van der Waals surface area contributed by atoms with Crippen LogP contribution in [0.15, 0.2) is 12.1 Å². The van der Waals surface area contributed by atoms with Crippen molar-refractivity contribution in [3.05, 3.63) is 29.1 Å². The van der Waals surface area contributed by atoms with Gasteiger partial charge in [-0.3, -0.25) is 10.2 Å². The Morgan fingerprint density at radius 3 is 2.63 bits per heavy atom. The Labute approximate surface area is 110 Å². The second-order valence-corrected chi connectivity index (χ2v) is 4.17. The number of aromatic nitrogens is 1. The van der Waals surface area contributed by atoms with E-state index in [0.717, 1.165) is 0 Å². The molecule has 1 amide bonds. The van der Waals surface area contributed by atoms with Crippen LogP contribution in [0.1, 0.15) is 26.5 Å². The highest BCUT2D eigenvalue weighted by Crippen LogP contribution is 2.07. The van der Waals surface area contributed by atoms with E-state index in [0.29, 0.717) is 32.0 Å². The van der Waals surface area contributed by atoms with Crippen molar-refractivity contribution >= 4 is 11.9 Å². The number of nitrogens with zero attached hydrogens (tertiary/aromatic N) is 2. The van der Waals surface area contributed by atoms with E-state index in [1.54, 1.807) is 11.9 Å². The van der Waals surface area contributed by atoms with Gasteiger partial charge in [0.2, 0.25) is 0 Å². The van der Waals surface area contributed by atoms with Gasteiger partial charge in [-0.2, -0.15) is 0 Å². The first-order chi connectivity index (χ1) is 9.08. The van der Waals surface area contributed by atoms with Crippen molar-refractivity contribution in [3.63, 3.8) is 0 Å². The van der Waals surface area contributed by atoms with Gasteiger partial charge in [-0.05, 0) is 19.1 Å². The number of carbonyl (C=O) groups excluding carboxylic acids is 1. The zero-order valence-corrected chi connectivity index (χ0v) is 10.5. The van der Waals surface area contributed by atoms with Gasteiger partial charge in [0.05, 0.1) is 24.5 Å². The Balaban J connectivity index is 2.06. The number of aryl methyl sites for hydroxylation is 1. The summed E-state index contributed by atoms with van der Waals surface area (Å²) in [5, 5.41) is 10.7. The molecule has 0 aromatic carbocycles. The van der Waals surface area contributed by atoms with Crippen LogP contribution in [0.25, 0.3) is 0 Å². The molecule has 0 bridgehead atoms. The zero-order chi connectivity index (χ0) is 13.8. The standard InChI is InChI=1S/C12H15N3O4/c1-8-9(12(17)18)2-3-10(13-8)11(16)14-15-4-6-19-7-5-15/h2-3H,4-7H2,1H3,(H,14,16)(H,17,18).